The van der Waals surface area contributed by atoms with Gasteiger partial charge in [-0.2, -0.15) is 5.26 Å². The molecule has 2 aliphatic rings. The summed E-state index contributed by atoms with van der Waals surface area (Å²) in [7, 11) is 0. The van der Waals surface area contributed by atoms with Gasteiger partial charge < -0.3 is 5.32 Å². The van der Waals surface area contributed by atoms with Crippen LogP contribution >= 0.6 is 0 Å². The summed E-state index contributed by atoms with van der Waals surface area (Å²) < 4.78 is 0. The second-order valence-corrected chi connectivity index (χ2v) is 5.38. The fourth-order valence-corrected chi connectivity index (χ4v) is 2.47. The van der Waals surface area contributed by atoms with E-state index in [0.29, 0.717) is 17.4 Å². The van der Waals surface area contributed by atoms with E-state index in [9.17, 15) is 4.79 Å². The summed E-state index contributed by atoms with van der Waals surface area (Å²) in [6.45, 7) is 2.15. The predicted octanol–water partition coefficient (Wildman–Crippen LogP) is 2.54. The third-order valence-corrected chi connectivity index (χ3v) is 3.86. The van der Waals surface area contributed by atoms with Crippen molar-refractivity contribution in [3.63, 3.8) is 0 Å². The van der Waals surface area contributed by atoms with E-state index in [1.165, 1.54) is 19.3 Å². The lowest BCUT2D eigenvalue weighted by Gasteiger charge is -2.22. The van der Waals surface area contributed by atoms with Crippen LogP contribution in [0.4, 0.5) is 0 Å². The number of carbonyl (C=O) groups is 1. The Bertz CT molecular complexity index is 361. The average Bonchev–Trinajstić information content (AvgIpc) is 3.03. The Labute approximate surface area is 103 Å². The van der Waals surface area contributed by atoms with Gasteiger partial charge in [-0.3, -0.25) is 4.79 Å². The molecular weight excluding hydrogens is 212 g/mol. The number of nitrogens with one attached hydrogen (secondary N) is 1. The Balaban J connectivity index is 1.89. The van der Waals surface area contributed by atoms with Crippen LogP contribution in [0.2, 0.25) is 0 Å². The van der Waals surface area contributed by atoms with Gasteiger partial charge in [-0.1, -0.05) is 32.3 Å². The van der Waals surface area contributed by atoms with Crippen LogP contribution in [-0.4, -0.2) is 11.9 Å². The molecule has 2 saturated carbocycles. The van der Waals surface area contributed by atoms with Gasteiger partial charge >= 0.3 is 0 Å². The highest BCUT2D eigenvalue weighted by Gasteiger charge is 2.31. The quantitative estimate of drug-likeness (QED) is 0.600. The Hall–Kier alpha value is -1.30. The smallest absolute Gasteiger partial charge is 0.261 e. The third kappa shape index (κ3) is 3.33. The molecule has 0 heterocycles. The highest BCUT2D eigenvalue weighted by atomic mass is 16.1. The van der Waals surface area contributed by atoms with E-state index in [4.69, 9.17) is 5.26 Å². The molecule has 0 spiro atoms. The minimum Gasteiger partial charge on any atom is -0.349 e. The van der Waals surface area contributed by atoms with Gasteiger partial charge in [0.15, 0.2) is 0 Å². The van der Waals surface area contributed by atoms with Crippen LogP contribution in [0, 0.1) is 23.2 Å². The SMILES string of the molecule is CC1CC1/C=C(\C#N)C(=O)NC1CCCCC1. The maximum Gasteiger partial charge on any atom is 0.261 e. The molecule has 2 fully saturated rings. The number of allylic oxidation sites excluding steroid dienone is 1. The van der Waals surface area contributed by atoms with Crippen molar-refractivity contribution in [2.24, 2.45) is 11.8 Å². The summed E-state index contributed by atoms with van der Waals surface area (Å²) in [5.41, 5.74) is 0.310. The molecule has 0 radical (unpaired) electrons. The van der Waals surface area contributed by atoms with E-state index in [0.717, 1.165) is 19.3 Å². The Kier molecular flexibility index (Phi) is 3.83. The monoisotopic (exact) mass is 232 g/mol. The first kappa shape index (κ1) is 12.2. The molecule has 0 aromatic heterocycles. The summed E-state index contributed by atoms with van der Waals surface area (Å²) in [6.07, 6.45) is 8.73. The first-order chi connectivity index (χ1) is 8.20. The number of nitrogens with zero attached hydrogens (tertiary/aromatic N) is 1. The van der Waals surface area contributed by atoms with Crippen LogP contribution in [0.1, 0.15) is 45.4 Å². The Morgan fingerprint density at radius 3 is 2.53 bits per heavy atom. The first-order valence-corrected chi connectivity index (χ1v) is 6.63. The molecule has 92 valence electrons. The molecule has 0 bridgehead atoms. The van der Waals surface area contributed by atoms with Gasteiger partial charge in [0, 0.05) is 6.04 Å². The third-order valence-electron chi connectivity index (χ3n) is 3.86. The van der Waals surface area contributed by atoms with Crippen molar-refractivity contribution >= 4 is 5.91 Å². The molecule has 17 heavy (non-hydrogen) atoms. The van der Waals surface area contributed by atoms with E-state index in [-0.39, 0.29) is 11.9 Å². The van der Waals surface area contributed by atoms with Gasteiger partial charge in [0.1, 0.15) is 11.6 Å². The molecule has 1 amide bonds. The Morgan fingerprint density at radius 2 is 2.00 bits per heavy atom. The predicted molar refractivity (Wildman–Crippen MR) is 66.0 cm³/mol. The fraction of sp³-hybridized carbons (Fsp3) is 0.714. The largest absolute Gasteiger partial charge is 0.349 e. The molecule has 0 saturated heterocycles. The summed E-state index contributed by atoms with van der Waals surface area (Å²) in [5.74, 6) is 0.918. The van der Waals surface area contributed by atoms with Crippen molar-refractivity contribution in [1.82, 2.24) is 5.32 Å². The van der Waals surface area contributed by atoms with Gasteiger partial charge in [-0.25, -0.2) is 0 Å². The summed E-state index contributed by atoms with van der Waals surface area (Å²) in [6, 6.07) is 2.31. The van der Waals surface area contributed by atoms with E-state index in [1.807, 2.05) is 12.1 Å². The van der Waals surface area contributed by atoms with Crippen molar-refractivity contribution in [3.05, 3.63) is 11.6 Å². The zero-order valence-electron chi connectivity index (χ0n) is 10.4. The molecule has 3 nitrogen and oxygen atoms in total. The van der Waals surface area contributed by atoms with Crippen LogP contribution in [0.25, 0.3) is 0 Å². The van der Waals surface area contributed by atoms with Crippen LogP contribution in [-0.2, 0) is 4.79 Å². The number of hydrogen-bond donors (Lipinski definition) is 1. The normalized spacial score (nSPS) is 29.5. The number of hydrogen-bond acceptors (Lipinski definition) is 2. The van der Waals surface area contributed by atoms with E-state index < -0.39 is 0 Å². The molecule has 2 aliphatic carbocycles. The zero-order chi connectivity index (χ0) is 12.3. The standard InChI is InChI=1S/C14H20N2O/c1-10-7-11(10)8-12(9-15)14(17)16-13-5-3-2-4-6-13/h8,10-11,13H,2-7H2,1H3,(H,16,17)/b12-8+. The molecule has 1 N–H and O–H groups in total. The van der Waals surface area contributed by atoms with E-state index in [2.05, 4.69) is 12.2 Å². The summed E-state index contributed by atoms with van der Waals surface area (Å²) in [4.78, 5) is 11.9. The average molecular weight is 232 g/mol. The molecule has 0 aromatic carbocycles. The highest BCUT2D eigenvalue weighted by molar-refractivity contribution is 5.97. The second-order valence-electron chi connectivity index (χ2n) is 5.38. The minimum atomic E-state index is -0.168. The van der Waals surface area contributed by atoms with Crippen molar-refractivity contribution in [3.8, 4) is 6.07 Å². The molecule has 0 aromatic rings. The van der Waals surface area contributed by atoms with Gasteiger partial charge in [0.2, 0.25) is 0 Å². The Morgan fingerprint density at radius 1 is 1.35 bits per heavy atom. The molecule has 2 atom stereocenters. The van der Waals surface area contributed by atoms with Crippen molar-refractivity contribution in [2.75, 3.05) is 0 Å². The molecular formula is C14H20N2O. The lowest BCUT2D eigenvalue weighted by molar-refractivity contribution is -0.118. The minimum absolute atomic E-state index is 0.168. The lowest BCUT2D eigenvalue weighted by Crippen LogP contribution is -2.36. The first-order valence-electron chi connectivity index (χ1n) is 6.63. The van der Waals surface area contributed by atoms with Gasteiger partial charge in [-0.05, 0) is 31.1 Å². The topological polar surface area (TPSA) is 52.9 Å². The second kappa shape index (κ2) is 5.35. The van der Waals surface area contributed by atoms with Crippen LogP contribution in [0.3, 0.4) is 0 Å². The number of carbonyl (C=O) groups excluding carboxylic acids is 1. The van der Waals surface area contributed by atoms with Gasteiger partial charge in [0.25, 0.3) is 5.91 Å². The zero-order valence-corrected chi connectivity index (χ0v) is 10.4. The van der Waals surface area contributed by atoms with Gasteiger partial charge in [-0.15, -0.1) is 0 Å². The van der Waals surface area contributed by atoms with Crippen molar-refractivity contribution in [2.45, 2.75) is 51.5 Å². The maximum atomic E-state index is 11.9. The number of nitriles is 1. The number of rotatable bonds is 3. The molecule has 0 aliphatic heterocycles. The van der Waals surface area contributed by atoms with E-state index >= 15 is 0 Å². The maximum absolute atomic E-state index is 11.9. The summed E-state index contributed by atoms with van der Waals surface area (Å²) >= 11 is 0. The van der Waals surface area contributed by atoms with Crippen molar-refractivity contribution < 1.29 is 4.79 Å². The highest BCUT2D eigenvalue weighted by Crippen LogP contribution is 2.39. The van der Waals surface area contributed by atoms with Gasteiger partial charge in [0.05, 0.1) is 0 Å². The number of amides is 1. The van der Waals surface area contributed by atoms with Crippen LogP contribution < -0.4 is 5.32 Å². The van der Waals surface area contributed by atoms with Crippen LogP contribution in [0.15, 0.2) is 11.6 Å². The lowest BCUT2D eigenvalue weighted by atomic mass is 9.95. The molecule has 2 rings (SSSR count). The summed E-state index contributed by atoms with van der Waals surface area (Å²) in [5, 5.41) is 12.0. The van der Waals surface area contributed by atoms with E-state index in [1.54, 1.807) is 0 Å². The molecule has 2 unspecified atom stereocenters. The fourth-order valence-electron chi connectivity index (χ4n) is 2.47. The molecule has 3 heteroatoms. The van der Waals surface area contributed by atoms with Crippen molar-refractivity contribution in [1.29, 1.82) is 5.26 Å². The van der Waals surface area contributed by atoms with Crippen LogP contribution in [0.5, 0.6) is 0 Å².